The maximum absolute atomic E-state index is 12.7. The Balaban J connectivity index is 3.03. The summed E-state index contributed by atoms with van der Waals surface area (Å²) in [5, 5.41) is 0. The molecule has 1 aromatic carbocycles. The fourth-order valence-electron chi connectivity index (χ4n) is 3.05. The molecule has 1 unspecified atom stereocenters. The molecule has 0 spiro atoms. The average molecular weight is 582 g/mol. The molecule has 11 heteroatoms. The second-order valence-electron chi connectivity index (χ2n) is 11.7. The van der Waals surface area contributed by atoms with Gasteiger partial charge in [0, 0.05) is 6.42 Å². The third kappa shape index (κ3) is 13.2. The number of benzene rings is 1. The summed E-state index contributed by atoms with van der Waals surface area (Å²) in [6, 6.07) is 3.30. The number of rotatable bonds is 14. The molecule has 1 aromatic rings. The predicted molar refractivity (Wildman–Crippen MR) is 152 cm³/mol. The topological polar surface area (TPSA) is 150 Å². The van der Waals surface area contributed by atoms with Crippen LogP contribution in [-0.4, -0.2) is 53.7 Å². The van der Waals surface area contributed by atoms with Crippen molar-refractivity contribution in [3.63, 3.8) is 0 Å². The summed E-state index contributed by atoms with van der Waals surface area (Å²) in [7, 11) is 0. The van der Waals surface area contributed by atoms with Crippen molar-refractivity contribution < 1.29 is 47.6 Å². The Bertz CT molecular complexity index is 1050. The van der Waals surface area contributed by atoms with Gasteiger partial charge in [0.15, 0.2) is 11.5 Å². The van der Waals surface area contributed by atoms with Crippen molar-refractivity contribution in [1.29, 1.82) is 0 Å². The van der Waals surface area contributed by atoms with Crippen LogP contribution >= 0.6 is 0 Å². The average Bonchev–Trinajstić information content (AvgIpc) is 2.84. The quantitative estimate of drug-likeness (QED) is 0.159. The Morgan fingerprint density at radius 3 is 1.76 bits per heavy atom. The second-order valence-corrected chi connectivity index (χ2v) is 11.7. The minimum Gasteiger partial charge on any atom is -0.459 e. The van der Waals surface area contributed by atoms with Gasteiger partial charge in [-0.1, -0.05) is 33.8 Å². The first-order valence-corrected chi connectivity index (χ1v) is 14.0. The van der Waals surface area contributed by atoms with E-state index in [9.17, 15) is 19.2 Å². The van der Waals surface area contributed by atoms with Gasteiger partial charge in [0.1, 0.15) is 29.5 Å². The fourth-order valence-corrected chi connectivity index (χ4v) is 3.05. The molecule has 0 saturated carbocycles. The number of hydrogen-bond acceptors (Lipinski definition) is 11. The zero-order valence-electron chi connectivity index (χ0n) is 26.0. The van der Waals surface area contributed by atoms with E-state index in [0.29, 0.717) is 18.4 Å². The van der Waals surface area contributed by atoms with Crippen LogP contribution in [0.1, 0.15) is 94.1 Å². The monoisotopic (exact) mass is 581 g/mol. The highest BCUT2D eigenvalue weighted by Crippen LogP contribution is 2.31. The molecule has 2 N–H and O–H groups in total. The van der Waals surface area contributed by atoms with Crippen LogP contribution in [0.15, 0.2) is 18.2 Å². The van der Waals surface area contributed by atoms with E-state index in [0.717, 1.165) is 0 Å². The molecule has 0 aliphatic heterocycles. The molecular weight excluding hydrogens is 534 g/mol. The van der Waals surface area contributed by atoms with Gasteiger partial charge in [-0.25, -0.2) is 9.59 Å². The smallest absolute Gasteiger partial charge is 0.459 e. The van der Waals surface area contributed by atoms with Crippen LogP contribution in [0.3, 0.4) is 0 Å². The number of carbonyl (C=O) groups is 4. The van der Waals surface area contributed by atoms with Crippen molar-refractivity contribution in [1.82, 2.24) is 0 Å². The van der Waals surface area contributed by atoms with Crippen LogP contribution in [0.2, 0.25) is 0 Å². The molecule has 0 fully saturated rings. The van der Waals surface area contributed by atoms with Crippen molar-refractivity contribution in [3.05, 3.63) is 23.8 Å². The molecule has 0 bridgehead atoms. The Morgan fingerprint density at radius 2 is 1.27 bits per heavy atom. The van der Waals surface area contributed by atoms with E-state index in [1.165, 1.54) is 12.1 Å². The Kier molecular flexibility index (Phi) is 13.6. The normalized spacial score (nSPS) is 14.0. The molecule has 0 heterocycles. The van der Waals surface area contributed by atoms with Gasteiger partial charge in [0.25, 0.3) is 0 Å². The molecule has 0 radical (unpaired) electrons. The van der Waals surface area contributed by atoms with Crippen LogP contribution in [0.4, 0.5) is 9.59 Å². The number of hydrogen-bond donors (Lipinski definition) is 1. The largest absolute Gasteiger partial charge is 0.514 e. The predicted octanol–water partition coefficient (Wildman–Crippen LogP) is 5.87. The molecule has 232 valence electrons. The van der Waals surface area contributed by atoms with Gasteiger partial charge in [0.05, 0.1) is 0 Å². The molecule has 0 aliphatic rings. The van der Waals surface area contributed by atoms with Crippen LogP contribution in [0, 0.1) is 5.92 Å². The molecule has 0 aliphatic carbocycles. The third-order valence-corrected chi connectivity index (χ3v) is 6.43. The van der Waals surface area contributed by atoms with Crippen molar-refractivity contribution >= 4 is 24.2 Å². The summed E-state index contributed by atoms with van der Waals surface area (Å²) < 4.78 is 32.1. The standard InChI is InChI=1S/C30H47NO10/c1-11-29(7,8)40-27(34)38-23-14-13-21(17-24(23)39-28(35)41-30(9,10)12-2)16-22(31)26(33)37-20(6)19(5)36-25(32)15-18(3)4/h13-14,17-20,22H,11-12,15-16,31H2,1-10H3/t19?,20-,22-/m0/s1. The SMILES string of the molecule is CCC(C)(C)OC(=O)Oc1ccc(C[C@H](N)C(=O)O[C@@H](C)C(C)OC(=O)CC(C)C)cc1OC(=O)OC(C)(C)CC. The highest BCUT2D eigenvalue weighted by molar-refractivity contribution is 5.76. The third-order valence-electron chi connectivity index (χ3n) is 6.43. The van der Waals surface area contributed by atoms with Gasteiger partial charge in [-0.3, -0.25) is 9.59 Å². The van der Waals surface area contributed by atoms with E-state index < -0.39 is 47.7 Å². The molecule has 3 atom stereocenters. The zero-order valence-corrected chi connectivity index (χ0v) is 26.0. The molecule has 0 aromatic heterocycles. The summed E-state index contributed by atoms with van der Waals surface area (Å²) >= 11 is 0. The molecule has 0 amide bonds. The highest BCUT2D eigenvalue weighted by Gasteiger charge is 2.28. The van der Waals surface area contributed by atoms with E-state index in [1.807, 2.05) is 27.7 Å². The Labute approximate surface area is 243 Å². The van der Waals surface area contributed by atoms with Gasteiger partial charge >= 0.3 is 24.2 Å². The first-order valence-electron chi connectivity index (χ1n) is 14.0. The maximum Gasteiger partial charge on any atom is 0.514 e. The number of ether oxygens (including phenoxy) is 6. The van der Waals surface area contributed by atoms with Gasteiger partial charge < -0.3 is 34.2 Å². The van der Waals surface area contributed by atoms with Crippen molar-refractivity contribution in [3.8, 4) is 11.5 Å². The van der Waals surface area contributed by atoms with E-state index in [4.69, 9.17) is 34.2 Å². The van der Waals surface area contributed by atoms with Crippen molar-refractivity contribution in [2.45, 2.75) is 124 Å². The van der Waals surface area contributed by atoms with E-state index in [-0.39, 0.29) is 36.2 Å². The Hall–Kier alpha value is -3.34. The summed E-state index contributed by atoms with van der Waals surface area (Å²) in [4.78, 5) is 49.5. The number of esters is 2. The lowest BCUT2D eigenvalue weighted by Crippen LogP contribution is -2.39. The molecular formula is C30H47NO10. The molecule has 0 saturated heterocycles. The maximum atomic E-state index is 12.7. The minimum atomic E-state index is -1.09. The number of nitrogens with two attached hydrogens (primary N) is 1. The first kappa shape index (κ1) is 35.7. The number of carbonyl (C=O) groups excluding carboxylic acids is 4. The van der Waals surface area contributed by atoms with Crippen LogP contribution < -0.4 is 15.2 Å². The first-order chi connectivity index (χ1) is 18.9. The fraction of sp³-hybridized carbons (Fsp3) is 0.667. The van der Waals surface area contributed by atoms with Crippen molar-refractivity contribution in [2.75, 3.05) is 0 Å². The lowest BCUT2D eigenvalue weighted by Gasteiger charge is -2.24. The Morgan fingerprint density at radius 1 is 0.780 bits per heavy atom. The van der Waals surface area contributed by atoms with Gasteiger partial charge in [-0.05, 0) is 84.4 Å². The molecule has 41 heavy (non-hydrogen) atoms. The second kappa shape index (κ2) is 15.6. The summed E-state index contributed by atoms with van der Waals surface area (Å²) in [6.07, 6.45) is -2.02. The van der Waals surface area contributed by atoms with Gasteiger partial charge in [-0.15, -0.1) is 0 Å². The minimum absolute atomic E-state index is 0.00647. The van der Waals surface area contributed by atoms with E-state index in [2.05, 4.69) is 0 Å². The summed E-state index contributed by atoms with van der Waals surface area (Å²) in [5.41, 5.74) is 5.04. The van der Waals surface area contributed by atoms with Crippen LogP contribution in [-0.2, 0) is 35.0 Å². The van der Waals surface area contributed by atoms with Crippen LogP contribution in [0.25, 0.3) is 0 Å². The van der Waals surface area contributed by atoms with Crippen molar-refractivity contribution in [2.24, 2.45) is 11.7 Å². The summed E-state index contributed by atoms with van der Waals surface area (Å²) in [5.74, 6) is -1.15. The lowest BCUT2D eigenvalue weighted by molar-refractivity contribution is -0.166. The molecule has 1 rings (SSSR count). The zero-order chi connectivity index (χ0) is 31.5. The van der Waals surface area contributed by atoms with E-state index >= 15 is 0 Å². The van der Waals surface area contributed by atoms with Gasteiger partial charge in [0.2, 0.25) is 0 Å². The highest BCUT2D eigenvalue weighted by atomic mass is 16.8. The molecule has 11 nitrogen and oxygen atoms in total. The van der Waals surface area contributed by atoms with Crippen LogP contribution in [0.5, 0.6) is 11.5 Å². The summed E-state index contributed by atoms with van der Waals surface area (Å²) in [6.45, 7) is 17.7. The lowest BCUT2D eigenvalue weighted by atomic mass is 10.1. The van der Waals surface area contributed by atoms with Gasteiger partial charge in [-0.2, -0.15) is 0 Å². The van der Waals surface area contributed by atoms with E-state index in [1.54, 1.807) is 47.6 Å².